The maximum atomic E-state index is 10.3. The number of carbonyl (C=O) groups excluding carboxylic acids is 2. The summed E-state index contributed by atoms with van der Waals surface area (Å²) in [6, 6.07) is 0. The van der Waals surface area contributed by atoms with Gasteiger partial charge in [0.15, 0.2) is 0 Å². The first-order chi connectivity index (χ1) is 15.6. The molecule has 0 saturated carbocycles. The Hall–Kier alpha value is -1.72. The first-order valence-corrected chi connectivity index (χ1v) is 12.5. The van der Waals surface area contributed by atoms with E-state index in [4.69, 9.17) is 9.84 Å². The molecule has 5 nitrogen and oxygen atoms in total. The van der Waals surface area contributed by atoms with Crippen molar-refractivity contribution in [3.8, 4) is 0 Å². The Labute approximate surface area is 200 Å². The Kier molecular flexibility index (Phi) is 59.9. The van der Waals surface area contributed by atoms with Gasteiger partial charge >= 0.3 is 0 Å². The molecular weight excluding hydrogens is 402 g/mol. The number of hydrogen-bond donors (Lipinski definition) is 2. The summed E-state index contributed by atoms with van der Waals surface area (Å²) in [5.41, 5.74) is 1.39. The Morgan fingerprint density at radius 1 is 1.16 bits per heavy atom. The fraction of sp³-hybridized carbons (Fsp3) is 0.704. The molecular formula is C27H55NO4. The predicted octanol–water partition coefficient (Wildman–Crippen LogP) is 7.16. The normalized spacial score (nSPS) is 10.6. The molecule has 0 aliphatic heterocycles. The maximum Gasteiger partial charge on any atom is 0.284 e. The van der Waals surface area contributed by atoms with Crippen LogP contribution in [0.1, 0.15) is 107 Å². The molecule has 0 atom stereocenters. The highest BCUT2D eigenvalue weighted by Crippen LogP contribution is 2.17. The number of amides is 1. The Morgan fingerprint density at radius 3 is 2.09 bits per heavy atom. The summed E-state index contributed by atoms with van der Waals surface area (Å²) in [5.74, 6) is -0.517. The minimum absolute atomic E-state index is 0.191. The Balaban J connectivity index is -0.000000106. The largest absolute Gasteiger partial charge is 0.371 e. The molecule has 192 valence electrons. The summed E-state index contributed by atoms with van der Waals surface area (Å²) in [7, 11) is 0. The van der Waals surface area contributed by atoms with Crippen LogP contribution in [0.25, 0.3) is 0 Å². The van der Waals surface area contributed by atoms with Crippen molar-refractivity contribution in [3.63, 3.8) is 0 Å². The average molecular weight is 458 g/mol. The van der Waals surface area contributed by atoms with Crippen LogP contribution in [0.2, 0.25) is 0 Å². The summed E-state index contributed by atoms with van der Waals surface area (Å²) in [5, 5.41) is 10.7. The zero-order valence-corrected chi connectivity index (χ0v) is 22.5. The molecule has 1 aliphatic carbocycles. The van der Waals surface area contributed by atoms with E-state index in [9.17, 15) is 9.59 Å². The molecule has 2 N–H and O–H groups in total. The number of aliphatic hydroxyl groups excluding tert-OH is 1. The van der Waals surface area contributed by atoms with Crippen LogP contribution < -0.4 is 5.32 Å². The van der Waals surface area contributed by atoms with Crippen LogP contribution >= 0.6 is 0 Å². The molecule has 0 radical (unpaired) electrons. The van der Waals surface area contributed by atoms with Crippen molar-refractivity contribution in [3.05, 3.63) is 36.5 Å². The molecule has 1 rings (SSSR count). The van der Waals surface area contributed by atoms with E-state index in [-0.39, 0.29) is 6.79 Å². The number of allylic oxidation sites excluding steroid dienone is 4. The van der Waals surface area contributed by atoms with Gasteiger partial charge in [-0.25, -0.2) is 0 Å². The van der Waals surface area contributed by atoms with Crippen LogP contribution in [-0.2, 0) is 14.3 Å². The fourth-order valence-corrected chi connectivity index (χ4v) is 1.80. The fourth-order valence-electron chi connectivity index (χ4n) is 1.80. The highest BCUT2D eigenvalue weighted by atomic mass is 16.6. The molecule has 32 heavy (non-hydrogen) atoms. The van der Waals surface area contributed by atoms with Gasteiger partial charge < -0.3 is 15.2 Å². The van der Waals surface area contributed by atoms with Gasteiger partial charge in [-0.3, -0.25) is 9.59 Å². The van der Waals surface area contributed by atoms with E-state index in [0.29, 0.717) is 19.4 Å². The Bertz CT molecular complexity index is 404. The highest BCUT2D eigenvalue weighted by molar-refractivity contribution is 6.23. The molecule has 5 heteroatoms. The number of aldehydes is 1. The van der Waals surface area contributed by atoms with E-state index in [2.05, 4.69) is 51.7 Å². The lowest BCUT2D eigenvalue weighted by molar-refractivity contribution is -0.131. The van der Waals surface area contributed by atoms with Gasteiger partial charge in [0.1, 0.15) is 6.79 Å². The standard InChI is InChI=1S/C9H14O2.C7H13NO2.C4H8.C3H8.2C2H6/c10-8-11-7-3-6-9-4-1-2-5-9;1-2-3-4-5-8-7(10)6-9;1-3-4-2;1-3-2;2*1-2/h3-4,6,10H,1-2,5,7-8H2;6H,2-5H2,1H3,(H,8,10);3H,1,4H2,2H3;3H2,1-2H3;2*1-2H3/b6-3+;;;;;. The van der Waals surface area contributed by atoms with Gasteiger partial charge in [0.05, 0.1) is 6.61 Å². The summed E-state index contributed by atoms with van der Waals surface area (Å²) in [4.78, 5) is 20.1. The van der Waals surface area contributed by atoms with Gasteiger partial charge in [0.2, 0.25) is 6.29 Å². The second-order valence-corrected chi connectivity index (χ2v) is 6.09. The molecule has 0 aromatic rings. The highest BCUT2D eigenvalue weighted by Gasteiger charge is 1.98. The number of rotatable bonds is 10. The molecule has 0 fully saturated rings. The van der Waals surface area contributed by atoms with Crippen LogP contribution in [0.4, 0.5) is 0 Å². The number of ether oxygens (including phenoxy) is 1. The van der Waals surface area contributed by atoms with E-state index in [0.717, 1.165) is 25.7 Å². The summed E-state index contributed by atoms with van der Waals surface area (Å²) >= 11 is 0. The molecule has 1 amide bonds. The lowest BCUT2D eigenvalue weighted by Gasteiger charge is -1.97. The van der Waals surface area contributed by atoms with Gasteiger partial charge in [-0.2, -0.15) is 0 Å². The third-order valence-electron chi connectivity index (χ3n) is 3.19. The van der Waals surface area contributed by atoms with Crippen molar-refractivity contribution in [2.45, 2.75) is 107 Å². The second-order valence-electron chi connectivity index (χ2n) is 6.09. The number of nitrogens with one attached hydrogen (secondary N) is 1. The third kappa shape index (κ3) is 51.2. The molecule has 0 aromatic heterocycles. The first-order valence-electron chi connectivity index (χ1n) is 12.5. The number of hydrogen-bond acceptors (Lipinski definition) is 4. The van der Waals surface area contributed by atoms with Crippen molar-refractivity contribution >= 4 is 12.2 Å². The number of unbranched alkanes of at least 4 members (excludes halogenated alkanes) is 2. The molecule has 0 saturated heterocycles. The van der Waals surface area contributed by atoms with Gasteiger partial charge in [-0.15, -0.1) is 6.58 Å². The van der Waals surface area contributed by atoms with E-state index >= 15 is 0 Å². The smallest absolute Gasteiger partial charge is 0.284 e. The van der Waals surface area contributed by atoms with Crippen molar-refractivity contribution in [1.82, 2.24) is 5.32 Å². The summed E-state index contributed by atoms with van der Waals surface area (Å²) < 4.78 is 4.73. The number of aliphatic hydroxyl groups is 1. The van der Waals surface area contributed by atoms with E-state index in [1.807, 2.05) is 39.8 Å². The van der Waals surface area contributed by atoms with Gasteiger partial charge in [0.25, 0.3) is 5.91 Å². The van der Waals surface area contributed by atoms with Gasteiger partial charge in [-0.1, -0.05) is 105 Å². The zero-order valence-electron chi connectivity index (χ0n) is 22.5. The minimum Gasteiger partial charge on any atom is -0.371 e. The third-order valence-corrected chi connectivity index (χ3v) is 3.19. The van der Waals surface area contributed by atoms with Crippen LogP contribution in [0.3, 0.4) is 0 Å². The summed E-state index contributed by atoms with van der Waals surface area (Å²) in [6.45, 7) is 20.8. The lowest BCUT2D eigenvalue weighted by atomic mass is 10.2. The van der Waals surface area contributed by atoms with Crippen molar-refractivity contribution in [2.75, 3.05) is 19.9 Å². The minimum atomic E-state index is -0.517. The quantitative estimate of drug-likeness (QED) is 0.120. The topological polar surface area (TPSA) is 75.6 Å². The van der Waals surface area contributed by atoms with E-state index < -0.39 is 5.91 Å². The molecule has 0 bridgehead atoms. The van der Waals surface area contributed by atoms with Gasteiger partial charge in [-0.05, 0) is 32.1 Å². The molecule has 0 aromatic carbocycles. The van der Waals surface area contributed by atoms with Crippen molar-refractivity contribution in [2.24, 2.45) is 0 Å². The van der Waals surface area contributed by atoms with Gasteiger partial charge in [0, 0.05) is 6.54 Å². The molecule has 0 heterocycles. The van der Waals surface area contributed by atoms with Crippen molar-refractivity contribution in [1.29, 1.82) is 0 Å². The van der Waals surface area contributed by atoms with E-state index in [1.54, 1.807) is 0 Å². The zero-order chi connectivity index (χ0) is 25.9. The maximum absolute atomic E-state index is 10.3. The first kappa shape index (κ1) is 40.6. The predicted molar refractivity (Wildman–Crippen MR) is 142 cm³/mol. The number of carbonyl (C=O) groups is 2. The van der Waals surface area contributed by atoms with Crippen LogP contribution in [0, 0.1) is 0 Å². The SMILES string of the molecule is C=CCC.CC.CC.CCC.CCCCCNC(=O)C=O.OCOC/C=C/C1=CCCC1. The van der Waals surface area contributed by atoms with Crippen LogP contribution in [0.15, 0.2) is 36.5 Å². The molecule has 0 spiro atoms. The summed E-state index contributed by atoms with van der Waals surface area (Å²) in [6.07, 6.45) is 17.6. The van der Waals surface area contributed by atoms with Crippen molar-refractivity contribution < 1.29 is 19.4 Å². The monoisotopic (exact) mass is 457 g/mol. The van der Waals surface area contributed by atoms with E-state index in [1.165, 1.54) is 31.3 Å². The Morgan fingerprint density at radius 2 is 1.72 bits per heavy atom. The second kappa shape index (κ2) is 47.2. The van der Waals surface area contributed by atoms with Crippen LogP contribution in [-0.4, -0.2) is 37.2 Å². The molecule has 0 unspecified atom stereocenters. The van der Waals surface area contributed by atoms with Crippen LogP contribution in [0.5, 0.6) is 0 Å². The average Bonchev–Trinajstić information content (AvgIpc) is 3.37. The molecule has 1 aliphatic rings. The lowest BCUT2D eigenvalue weighted by Crippen LogP contribution is -2.24.